The summed E-state index contributed by atoms with van der Waals surface area (Å²) in [5, 5.41) is 16.3. The van der Waals surface area contributed by atoms with Crippen LogP contribution in [0.5, 0.6) is 0 Å². The van der Waals surface area contributed by atoms with Crippen molar-refractivity contribution >= 4 is 27.8 Å². The van der Waals surface area contributed by atoms with Crippen molar-refractivity contribution in [1.29, 1.82) is 0 Å². The van der Waals surface area contributed by atoms with Gasteiger partial charge in [-0.15, -0.1) is 4.24 Å². The molecule has 0 saturated heterocycles. The smallest absolute Gasteiger partial charge is 1.00 e. The molecule has 0 heterocycles. The van der Waals surface area contributed by atoms with Crippen molar-refractivity contribution < 1.29 is 54.4 Å². The quantitative estimate of drug-likeness (QED) is 0.454. The summed E-state index contributed by atoms with van der Waals surface area (Å²) in [5.41, 5.74) is 1.00. The number of hydrogen-bond acceptors (Lipinski definition) is 4. The van der Waals surface area contributed by atoms with Gasteiger partial charge in [-0.05, 0) is 37.8 Å². The molecule has 1 aromatic rings. The summed E-state index contributed by atoms with van der Waals surface area (Å²) in [4.78, 5) is 9.82. The van der Waals surface area contributed by atoms with Crippen molar-refractivity contribution in [3.05, 3.63) is 29.8 Å². The van der Waals surface area contributed by atoms with E-state index in [2.05, 4.69) is 0 Å². The number of rotatable bonds is 4. The fourth-order valence-electron chi connectivity index (χ4n) is 1.01. The average Bonchev–Trinajstić information content (AvgIpc) is 2.28. The third-order valence-electron chi connectivity index (χ3n) is 1.90. The molecule has 0 aliphatic heterocycles. The van der Waals surface area contributed by atoms with E-state index in [0.29, 0.717) is 0 Å². The van der Waals surface area contributed by atoms with Gasteiger partial charge in [-0.3, -0.25) is 4.79 Å². The van der Waals surface area contributed by atoms with E-state index >= 15 is 0 Å². The van der Waals surface area contributed by atoms with E-state index in [1.807, 2.05) is 6.92 Å². The number of aryl methyl sites for hydroxylation is 1. The van der Waals surface area contributed by atoms with Gasteiger partial charge in [-0.25, -0.2) is 8.42 Å². The third-order valence-corrected chi connectivity index (χ3v) is 3.61. The maximum absolute atomic E-state index is 11.1. The number of aliphatic carboxylic acids is 1. The zero-order valence-corrected chi connectivity index (χ0v) is 15.1. The number of aliphatic hydroxyl groups excluding tert-OH is 1. The van der Waals surface area contributed by atoms with Crippen molar-refractivity contribution in [2.75, 3.05) is 0 Å². The molecule has 0 aliphatic rings. The summed E-state index contributed by atoms with van der Waals surface area (Å²) in [7, 11) is -3.50. The number of hydrogen-bond donors (Lipinski definition) is 3. The molecule has 3 N–H and O–H groups in total. The molecule has 0 aromatic heterocycles. The van der Waals surface area contributed by atoms with Crippen LogP contribution >= 0.6 is 11.8 Å². The SMILES string of the molecule is CC(O)CC(=O)O.Cc1ccc(S(=O)(=O)NCl)cc1.[H-].[Na+]. The Hall–Kier alpha value is -0.150. The minimum Gasteiger partial charge on any atom is -1.00 e. The maximum Gasteiger partial charge on any atom is 1.00 e. The fourth-order valence-corrected chi connectivity index (χ4v) is 1.87. The van der Waals surface area contributed by atoms with Crippen LogP contribution in [0.25, 0.3) is 0 Å². The molecule has 0 radical (unpaired) electrons. The Labute approximate surface area is 147 Å². The van der Waals surface area contributed by atoms with E-state index < -0.39 is 22.1 Å². The summed E-state index contributed by atoms with van der Waals surface area (Å²) >= 11 is 5.03. The second-order valence-corrected chi connectivity index (χ2v) is 5.94. The molecular formula is C11H17ClNNaO5S. The fraction of sp³-hybridized carbons (Fsp3) is 0.364. The van der Waals surface area contributed by atoms with Gasteiger partial charge in [-0.2, -0.15) is 0 Å². The Balaban J connectivity index is -0.000000317. The zero-order valence-electron chi connectivity index (χ0n) is 12.5. The summed E-state index contributed by atoms with van der Waals surface area (Å²) < 4.78 is 23.9. The normalized spacial score (nSPS) is 11.6. The Morgan fingerprint density at radius 2 is 1.85 bits per heavy atom. The van der Waals surface area contributed by atoms with Crippen LogP contribution in [0.1, 0.15) is 20.3 Å². The first-order valence-corrected chi connectivity index (χ1v) is 7.14. The van der Waals surface area contributed by atoms with Gasteiger partial charge in [0.05, 0.1) is 17.4 Å². The number of halogens is 1. The molecule has 1 rings (SSSR count). The molecular weight excluding hydrogens is 317 g/mol. The van der Waals surface area contributed by atoms with Crippen LogP contribution in [0.2, 0.25) is 0 Å². The van der Waals surface area contributed by atoms with E-state index in [1.54, 1.807) is 16.4 Å². The van der Waals surface area contributed by atoms with Crippen LogP contribution in [-0.4, -0.2) is 30.7 Å². The Bertz CT molecular complexity index is 510. The summed E-state index contributed by atoms with van der Waals surface area (Å²) in [6.45, 7) is 3.32. The average molecular weight is 334 g/mol. The van der Waals surface area contributed by atoms with E-state index in [1.165, 1.54) is 19.1 Å². The van der Waals surface area contributed by atoms with Crippen LogP contribution in [-0.2, 0) is 14.8 Å². The van der Waals surface area contributed by atoms with E-state index in [9.17, 15) is 13.2 Å². The molecule has 0 spiro atoms. The Morgan fingerprint density at radius 3 is 2.10 bits per heavy atom. The van der Waals surface area contributed by atoms with Crippen molar-refractivity contribution in [2.24, 2.45) is 0 Å². The van der Waals surface area contributed by atoms with E-state index in [4.69, 9.17) is 22.0 Å². The van der Waals surface area contributed by atoms with Gasteiger partial charge in [0, 0.05) is 0 Å². The molecule has 1 aromatic carbocycles. The summed E-state index contributed by atoms with van der Waals surface area (Å²) in [6, 6.07) is 6.42. The second kappa shape index (κ2) is 10.6. The first kappa shape index (κ1) is 22.1. The topological polar surface area (TPSA) is 104 Å². The molecule has 6 nitrogen and oxygen atoms in total. The number of carboxylic acids is 1. The summed E-state index contributed by atoms with van der Waals surface area (Å²) in [6.07, 6.45) is -0.891. The largest absolute Gasteiger partial charge is 1.00 e. The maximum atomic E-state index is 11.1. The van der Waals surface area contributed by atoms with Gasteiger partial charge >= 0.3 is 35.5 Å². The molecule has 20 heavy (non-hydrogen) atoms. The number of benzene rings is 1. The van der Waals surface area contributed by atoms with Crippen molar-refractivity contribution in [2.45, 2.75) is 31.3 Å². The molecule has 0 amide bonds. The van der Waals surface area contributed by atoms with Crippen molar-refractivity contribution in [1.82, 2.24) is 4.24 Å². The third kappa shape index (κ3) is 9.71. The first-order chi connectivity index (χ1) is 8.69. The van der Waals surface area contributed by atoms with Crippen LogP contribution < -0.4 is 33.8 Å². The Kier molecular flexibility index (Phi) is 11.7. The number of nitrogens with one attached hydrogen (secondary N) is 1. The first-order valence-electron chi connectivity index (χ1n) is 5.28. The predicted octanol–water partition coefficient (Wildman–Crippen LogP) is -1.61. The minimum absolute atomic E-state index is 0. The van der Waals surface area contributed by atoms with Gasteiger partial charge in [-0.1, -0.05) is 17.7 Å². The van der Waals surface area contributed by atoms with Crippen molar-refractivity contribution in [3.63, 3.8) is 0 Å². The van der Waals surface area contributed by atoms with E-state index in [-0.39, 0.29) is 42.3 Å². The predicted molar refractivity (Wildman–Crippen MR) is 72.4 cm³/mol. The monoisotopic (exact) mass is 333 g/mol. The molecule has 1 unspecified atom stereocenters. The summed E-state index contributed by atoms with van der Waals surface area (Å²) in [5.74, 6) is -0.963. The van der Waals surface area contributed by atoms with Gasteiger partial charge < -0.3 is 11.6 Å². The molecule has 0 aliphatic carbocycles. The zero-order chi connectivity index (χ0) is 15.1. The molecule has 1 atom stereocenters. The minimum atomic E-state index is -3.50. The van der Waals surface area contributed by atoms with Crippen LogP contribution in [0.15, 0.2) is 29.2 Å². The van der Waals surface area contributed by atoms with Crippen LogP contribution in [0.3, 0.4) is 0 Å². The standard InChI is InChI=1S/C7H8ClNO2S.C4H8O3.Na.H/c1-6-2-4-7(5-3-6)12(10,11)9-8;1-3(5)2-4(6)7;;/h2-5,9H,1H3;3,5H,2H2,1H3,(H,6,7);;/q;;+1;-1. The molecule has 0 saturated carbocycles. The molecule has 0 bridgehead atoms. The van der Waals surface area contributed by atoms with E-state index in [0.717, 1.165) is 5.56 Å². The second-order valence-electron chi connectivity index (χ2n) is 3.84. The molecule has 9 heteroatoms. The van der Waals surface area contributed by atoms with Crippen LogP contribution in [0, 0.1) is 6.92 Å². The number of carbonyl (C=O) groups is 1. The van der Waals surface area contributed by atoms with Gasteiger partial charge in [0.15, 0.2) is 0 Å². The molecule has 0 fully saturated rings. The van der Waals surface area contributed by atoms with Crippen LogP contribution in [0.4, 0.5) is 0 Å². The van der Waals surface area contributed by atoms with Gasteiger partial charge in [0.1, 0.15) is 0 Å². The number of carboxylic acid groups (broad SMARTS) is 1. The number of sulfonamides is 1. The molecule has 110 valence electrons. The van der Waals surface area contributed by atoms with Gasteiger partial charge in [0.25, 0.3) is 10.0 Å². The van der Waals surface area contributed by atoms with Gasteiger partial charge in [0.2, 0.25) is 0 Å². The number of aliphatic hydroxyl groups is 1. The van der Waals surface area contributed by atoms with Crippen molar-refractivity contribution in [3.8, 4) is 0 Å². The Morgan fingerprint density at radius 1 is 1.40 bits per heavy atom.